The molecule has 1 heterocycles. The zero-order valence-corrected chi connectivity index (χ0v) is 10.4. The molecule has 0 radical (unpaired) electrons. The number of rotatable bonds is 3. The van der Waals surface area contributed by atoms with E-state index in [1.807, 2.05) is 0 Å². The third kappa shape index (κ3) is 2.59. The molecule has 1 saturated carbocycles. The highest BCUT2D eigenvalue weighted by Gasteiger charge is 2.35. The number of carbonyl (C=O) groups is 2. The molecule has 0 unspecified atom stereocenters. The standard InChI is InChI=1S/C14H15FN2O2/c15-10-3-5-12(6-4-10)17-8-11(7-13(17)18)16-14(19)9-1-2-9/h3-6,9,11H,1-2,7-8H2,(H,16,19)/t11-/m0/s1. The Balaban J connectivity index is 1.65. The molecule has 1 aliphatic carbocycles. The van der Waals surface area contributed by atoms with Crippen LogP contribution >= 0.6 is 0 Å². The van der Waals surface area contributed by atoms with Crippen LogP contribution in [0.3, 0.4) is 0 Å². The van der Waals surface area contributed by atoms with Crippen molar-refractivity contribution >= 4 is 17.5 Å². The minimum absolute atomic E-state index is 0.0345. The van der Waals surface area contributed by atoms with Crippen molar-refractivity contribution in [3.05, 3.63) is 30.1 Å². The highest BCUT2D eigenvalue weighted by molar-refractivity contribution is 5.97. The van der Waals surface area contributed by atoms with Crippen LogP contribution in [0.15, 0.2) is 24.3 Å². The number of halogens is 1. The van der Waals surface area contributed by atoms with Crippen molar-refractivity contribution in [2.75, 3.05) is 11.4 Å². The van der Waals surface area contributed by atoms with Crippen molar-refractivity contribution in [2.24, 2.45) is 5.92 Å². The lowest BCUT2D eigenvalue weighted by Gasteiger charge is -2.17. The maximum absolute atomic E-state index is 12.9. The number of hydrogen-bond acceptors (Lipinski definition) is 2. The second-order valence-corrected chi connectivity index (χ2v) is 5.16. The third-order valence-corrected chi connectivity index (χ3v) is 3.56. The molecular weight excluding hydrogens is 247 g/mol. The molecule has 1 aromatic rings. The summed E-state index contributed by atoms with van der Waals surface area (Å²) in [5.74, 6) is -0.157. The first-order chi connectivity index (χ1) is 9.13. The van der Waals surface area contributed by atoms with E-state index in [4.69, 9.17) is 0 Å². The van der Waals surface area contributed by atoms with Crippen molar-refractivity contribution < 1.29 is 14.0 Å². The van der Waals surface area contributed by atoms with Gasteiger partial charge in [0.2, 0.25) is 11.8 Å². The van der Waals surface area contributed by atoms with Crippen LogP contribution in [-0.2, 0) is 9.59 Å². The van der Waals surface area contributed by atoms with Gasteiger partial charge in [-0.1, -0.05) is 0 Å². The van der Waals surface area contributed by atoms with Crippen LogP contribution in [0.4, 0.5) is 10.1 Å². The summed E-state index contributed by atoms with van der Waals surface area (Å²) >= 11 is 0. The molecule has 2 aliphatic rings. The molecule has 1 N–H and O–H groups in total. The van der Waals surface area contributed by atoms with Gasteiger partial charge in [-0.25, -0.2) is 4.39 Å². The minimum atomic E-state index is -0.325. The van der Waals surface area contributed by atoms with E-state index in [0.717, 1.165) is 12.8 Å². The van der Waals surface area contributed by atoms with E-state index in [9.17, 15) is 14.0 Å². The van der Waals surface area contributed by atoms with E-state index in [2.05, 4.69) is 5.32 Å². The summed E-state index contributed by atoms with van der Waals surface area (Å²) in [6, 6.07) is 5.69. The number of anilines is 1. The predicted octanol–water partition coefficient (Wildman–Crippen LogP) is 1.46. The Morgan fingerprint density at radius 2 is 1.95 bits per heavy atom. The van der Waals surface area contributed by atoms with Gasteiger partial charge in [-0.05, 0) is 37.1 Å². The monoisotopic (exact) mass is 262 g/mol. The van der Waals surface area contributed by atoms with Crippen LogP contribution in [0, 0.1) is 11.7 Å². The van der Waals surface area contributed by atoms with Crippen molar-refractivity contribution in [1.82, 2.24) is 5.32 Å². The maximum atomic E-state index is 12.9. The molecule has 1 aliphatic heterocycles. The van der Waals surface area contributed by atoms with Gasteiger partial charge in [-0.15, -0.1) is 0 Å². The Bertz CT molecular complexity index is 511. The molecule has 1 aromatic carbocycles. The zero-order valence-electron chi connectivity index (χ0n) is 10.4. The SMILES string of the molecule is O=C(N[C@H]1CC(=O)N(c2ccc(F)cc2)C1)C1CC1. The Kier molecular flexibility index (Phi) is 2.97. The quantitative estimate of drug-likeness (QED) is 0.896. The third-order valence-electron chi connectivity index (χ3n) is 3.56. The number of benzene rings is 1. The summed E-state index contributed by atoms with van der Waals surface area (Å²) in [6.45, 7) is 0.461. The smallest absolute Gasteiger partial charge is 0.229 e. The lowest BCUT2D eigenvalue weighted by molar-refractivity contribution is -0.122. The van der Waals surface area contributed by atoms with Crippen molar-refractivity contribution in [3.63, 3.8) is 0 Å². The fourth-order valence-electron chi connectivity index (χ4n) is 2.34. The number of hydrogen-bond donors (Lipinski definition) is 1. The average molecular weight is 262 g/mol. The molecule has 2 amide bonds. The Morgan fingerprint density at radius 3 is 2.58 bits per heavy atom. The minimum Gasteiger partial charge on any atom is -0.351 e. The lowest BCUT2D eigenvalue weighted by atomic mass is 10.2. The van der Waals surface area contributed by atoms with Gasteiger partial charge < -0.3 is 10.2 Å². The molecule has 1 atom stereocenters. The normalized spacial score (nSPS) is 22.7. The molecule has 0 spiro atoms. The van der Waals surface area contributed by atoms with Gasteiger partial charge in [0.05, 0.1) is 6.04 Å². The molecule has 4 nitrogen and oxygen atoms in total. The summed E-state index contributed by atoms with van der Waals surface area (Å²) in [7, 11) is 0. The zero-order chi connectivity index (χ0) is 13.4. The second-order valence-electron chi connectivity index (χ2n) is 5.16. The first-order valence-electron chi connectivity index (χ1n) is 6.50. The Morgan fingerprint density at radius 1 is 1.26 bits per heavy atom. The first kappa shape index (κ1) is 12.1. The van der Waals surface area contributed by atoms with Gasteiger partial charge in [0.15, 0.2) is 0 Å². The topological polar surface area (TPSA) is 49.4 Å². The van der Waals surface area contributed by atoms with E-state index in [-0.39, 0.29) is 29.6 Å². The van der Waals surface area contributed by atoms with Crippen molar-refractivity contribution in [1.29, 1.82) is 0 Å². The molecule has 5 heteroatoms. The number of carbonyl (C=O) groups excluding carboxylic acids is 2. The molecule has 1 saturated heterocycles. The average Bonchev–Trinajstić information content (AvgIpc) is 3.16. The van der Waals surface area contributed by atoms with Crippen molar-refractivity contribution in [2.45, 2.75) is 25.3 Å². The van der Waals surface area contributed by atoms with E-state index >= 15 is 0 Å². The van der Waals surface area contributed by atoms with Gasteiger partial charge in [0.1, 0.15) is 5.82 Å². The Labute approximate surface area is 110 Å². The molecule has 0 aromatic heterocycles. The summed E-state index contributed by atoms with van der Waals surface area (Å²) in [5, 5.41) is 2.91. The summed E-state index contributed by atoms with van der Waals surface area (Å²) in [5.41, 5.74) is 0.676. The predicted molar refractivity (Wildman–Crippen MR) is 68.0 cm³/mol. The number of nitrogens with one attached hydrogen (secondary N) is 1. The summed E-state index contributed by atoms with van der Waals surface area (Å²) < 4.78 is 12.9. The van der Waals surface area contributed by atoms with E-state index in [0.29, 0.717) is 18.7 Å². The molecule has 2 fully saturated rings. The highest BCUT2D eigenvalue weighted by Crippen LogP contribution is 2.29. The summed E-state index contributed by atoms with van der Waals surface area (Å²) in [6.07, 6.45) is 2.22. The van der Waals surface area contributed by atoms with E-state index < -0.39 is 0 Å². The van der Waals surface area contributed by atoms with Crippen LogP contribution in [0.25, 0.3) is 0 Å². The first-order valence-corrected chi connectivity index (χ1v) is 6.50. The van der Waals surface area contributed by atoms with Crippen LogP contribution in [0.5, 0.6) is 0 Å². The largest absolute Gasteiger partial charge is 0.351 e. The van der Waals surface area contributed by atoms with Gasteiger partial charge in [0, 0.05) is 24.6 Å². The maximum Gasteiger partial charge on any atom is 0.229 e. The molecule has 100 valence electrons. The second kappa shape index (κ2) is 4.64. The number of amides is 2. The molecule has 19 heavy (non-hydrogen) atoms. The van der Waals surface area contributed by atoms with Crippen LogP contribution < -0.4 is 10.2 Å². The van der Waals surface area contributed by atoms with E-state index in [1.165, 1.54) is 12.1 Å². The number of nitrogens with zero attached hydrogens (tertiary/aromatic N) is 1. The fourth-order valence-corrected chi connectivity index (χ4v) is 2.34. The molecule has 3 rings (SSSR count). The van der Waals surface area contributed by atoms with Gasteiger partial charge in [0.25, 0.3) is 0 Å². The van der Waals surface area contributed by atoms with Gasteiger partial charge in [-0.2, -0.15) is 0 Å². The highest BCUT2D eigenvalue weighted by atomic mass is 19.1. The van der Waals surface area contributed by atoms with Gasteiger partial charge >= 0.3 is 0 Å². The van der Waals surface area contributed by atoms with Crippen LogP contribution in [0.1, 0.15) is 19.3 Å². The summed E-state index contributed by atoms with van der Waals surface area (Å²) in [4.78, 5) is 25.2. The van der Waals surface area contributed by atoms with Gasteiger partial charge in [-0.3, -0.25) is 9.59 Å². The van der Waals surface area contributed by atoms with Crippen LogP contribution in [-0.4, -0.2) is 24.4 Å². The Hall–Kier alpha value is -1.91. The molecule has 0 bridgehead atoms. The van der Waals surface area contributed by atoms with Crippen molar-refractivity contribution in [3.8, 4) is 0 Å². The van der Waals surface area contributed by atoms with E-state index in [1.54, 1.807) is 17.0 Å². The van der Waals surface area contributed by atoms with Crippen LogP contribution in [0.2, 0.25) is 0 Å². The lowest BCUT2D eigenvalue weighted by Crippen LogP contribution is -2.37. The molecular formula is C14H15FN2O2. The fraction of sp³-hybridized carbons (Fsp3) is 0.429.